The monoisotopic (exact) mass is 618 g/mol. The quantitative estimate of drug-likeness (QED) is 0.172. The number of β-lactam (4-membered cyclic amide) rings is 1. The molecule has 3 amide bonds. The largest absolute Gasteiger partial charge is 0.477 e. The molecule has 0 aliphatic carbocycles. The zero-order valence-corrected chi connectivity index (χ0v) is 24.6. The van der Waals surface area contributed by atoms with Crippen molar-refractivity contribution in [1.82, 2.24) is 15.2 Å². The molecule has 2 atom stereocenters. The molecule has 16 heteroatoms. The topological polar surface area (TPSA) is 193 Å². The van der Waals surface area contributed by atoms with Gasteiger partial charge >= 0.3 is 5.97 Å². The summed E-state index contributed by atoms with van der Waals surface area (Å²) in [6.45, 7) is 3.25. The first-order valence-corrected chi connectivity index (χ1v) is 15.0. The summed E-state index contributed by atoms with van der Waals surface area (Å²) in [5.74, 6) is -2.59. The minimum absolute atomic E-state index is 0.0175. The minimum Gasteiger partial charge on any atom is -0.477 e. The van der Waals surface area contributed by atoms with E-state index in [9.17, 15) is 29.1 Å². The molecular formula is C25H26N6O7S3. The Morgan fingerprint density at radius 2 is 2.07 bits per heavy atom. The average Bonchev–Trinajstić information content (AvgIpc) is 3.36. The van der Waals surface area contributed by atoms with Crippen molar-refractivity contribution in [3.05, 3.63) is 51.7 Å². The van der Waals surface area contributed by atoms with E-state index in [0.717, 1.165) is 34.2 Å². The van der Waals surface area contributed by atoms with Crippen LogP contribution in [-0.2, 0) is 35.2 Å². The first-order valence-electron chi connectivity index (χ1n) is 12.1. The van der Waals surface area contributed by atoms with Gasteiger partial charge in [0.1, 0.15) is 29.9 Å². The predicted octanol–water partition coefficient (Wildman–Crippen LogP) is 1.58. The Morgan fingerprint density at radius 3 is 2.71 bits per heavy atom. The molecular weight excluding hydrogens is 593 g/mol. The number of fused-ring (bicyclic) bond motifs is 1. The number of nitrogens with two attached hydrogens (primary N) is 1. The van der Waals surface area contributed by atoms with E-state index in [2.05, 4.69) is 20.8 Å². The third-order valence-electron chi connectivity index (χ3n) is 6.14. The number of thioether (sulfide) groups is 2. The van der Waals surface area contributed by atoms with Crippen LogP contribution >= 0.6 is 34.9 Å². The number of thiazole rings is 1. The smallest absolute Gasteiger partial charge is 0.352 e. The van der Waals surface area contributed by atoms with E-state index in [1.54, 1.807) is 18.2 Å². The fourth-order valence-corrected chi connectivity index (χ4v) is 6.55. The Hall–Kier alpha value is -3.89. The number of carboxylic acid groups (broad SMARTS) is 1. The highest BCUT2D eigenvalue weighted by Crippen LogP contribution is 2.41. The summed E-state index contributed by atoms with van der Waals surface area (Å²) < 4.78 is 0. The van der Waals surface area contributed by atoms with Crippen LogP contribution in [0.25, 0.3) is 0 Å². The van der Waals surface area contributed by atoms with Crippen LogP contribution in [0, 0.1) is 6.92 Å². The van der Waals surface area contributed by atoms with Gasteiger partial charge in [0, 0.05) is 23.7 Å². The first-order chi connectivity index (χ1) is 19.5. The minimum atomic E-state index is -1.26. The van der Waals surface area contributed by atoms with Gasteiger partial charge in [-0.1, -0.05) is 23.0 Å². The maximum Gasteiger partial charge on any atom is 0.352 e. The molecule has 2 aliphatic rings. The number of amides is 3. The fraction of sp³-hybridized carbons (Fsp3) is 0.320. The molecule has 5 N–H and O–H groups in total. The number of nitrogens with one attached hydrogen (secondary N) is 2. The molecule has 41 heavy (non-hydrogen) atoms. The third kappa shape index (κ3) is 6.71. The van der Waals surface area contributed by atoms with E-state index in [0.29, 0.717) is 17.0 Å². The number of anilines is 2. The lowest BCUT2D eigenvalue weighted by atomic mass is 9.96. The van der Waals surface area contributed by atoms with E-state index in [4.69, 9.17) is 10.6 Å². The van der Waals surface area contributed by atoms with Crippen molar-refractivity contribution in [3.63, 3.8) is 0 Å². The van der Waals surface area contributed by atoms with Gasteiger partial charge in [-0.25, -0.2) is 9.78 Å². The van der Waals surface area contributed by atoms with Crippen LogP contribution in [0.15, 0.2) is 40.0 Å². The number of hydrogen-bond donors (Lipinski definition) is 4. The second-order valence-electron chi connectivity index (χ2n) is 8.96. The van der Waals surface area contributed by atoms with Gasteiger partial charge < -0.3 is 26.3 Å². The summed E-state index contributed by atoms with van der Waals surface area (Å²) in [6.07, 6.45) is 0.232. The van der Waals surface area contributed by atoms with Gasteiger partial charge in [-0.3, -0.25) is 24.1 Å². The third-order valence-corrected chi connectivity index (χ3v) is 8.97. The molecule has 216 valence electrons. The van der Waals surface area contributed by atoms with E-state index in [1.807, 2.05) is 6.92 Å². The number of aliphatic carboxylic acids is 1. The molecule has 2 aromatic rings. The maximum atomic E-state index is 13.1. The molecule has 3 heterocycles. The zero-order chi connectivity index (χ0) is 29.8. The number of carbonyl (C=O) groups is 5. The summed E-state index contributed by atoms with van der Waals surface area (Å²) in [6, 6.07) is 4.30. The van der Waals surface area contributed by atoms with Crippen LogP contribution in [0.4, 0.5) is 10.8 Å². The average molecular weight is 619 g/mol. The van der Waals surface area contributed by atoms with E-state index >= 15 is 0 Å². The second-order valence-corrected chi connectivity index (χ2v) is 12.1. The van der Waals surface area contributed by atoms with Gasteiger partial charge in [0.2, 0.25) is 5.91 Å². The van der Waals surface area contributed by atoms with Crippen molar-refractivity contribution in [2.24, 2.45) is 5.16 Å². The Morgan fingerprint density at radius 1 is 1.32 bits per heavy atom. The SMILES string of the molecule is CO/N=C(/C(=O)N[C@@H]1C(=O)N2C(C(=O)O)=C(Cc3cc(NC(=O)CSC(C)=O)ccc3C)CS[C@H]12)c1csc(N)n1. The predicted molar refractivity (Wildman–Crippen MR) is 156 cm³/mol. The number of rotatable bonds is 10. The Bertz CT molecular complexity index is 1490. The van der Waals surface area contributed by atoms with Crippen LogP contribution in [0.5, 0.6) is 0 Å². The number of nitrogen functional groups attached to an aromatic ring is 1. The lowest BCUT2D eigenvalue weighted by molar-refractivity contribution is -0.150. The maximum absolute atomic E-state index is 13.1. The standard InChI is InChI=1S/C25H26N6O7S3/c1-11-4-5-15(27-17(33)10-39-12(2)32)7-13(11)6-14-8-40-23-19(22(35)31(23)20(14)24(36)37)29-21(34)18(30-38-3)16-9-41-25(26)28-16/h4-5,7,9,19,23H,6,8,10H2,1-3H3,(H2,26,28)(H,27,33)(H,29,34)(H,36,37)/b30-18+/t19-,23-/m1/s1. The Balaban J connectivity index is 1.51. The van der Waals surface area contributed by atoms with E-state index in [-0.39, 0.29) is 45.4 Å². The van der Waals surface area contributed by atoms with Crippen LogP contribution in [0.1, 0.15) is 23.7 Å². The van der Waals surface area contributed by atoms with Crippen molar-refractivity contribution in [1.29, 1.82) is 0 Å². The lowest BCUT2D eigenvalue weighted by Gasteiger charge is -2.49. The summed E-state index contributed by atoms with van der Waals surface area (Å²) in [7, 11) is 1.26. The number of carboxylic acids is 1. The summed E-state index contributed by atoms with van der Waals surface area (Å²) in [5.41, 5.74) is 8.23. The van der Waals surface area contributed by atoms with Gasteiger partial charge in [0.15, 0.2) is 16.0 Å². The molecule has 2 aliphatic heterocycles. The van der Waals surface area contributed by atoms with Crippen LogP contribution in [-0.4, -0.2) is 79.5 Å². The summed E-state index contributed by atoms with van der Waals surface area (Å²) in [4.78, 5) is 71.7. The molecule has 13 nitrogen and oxygen atoms in total. The van der Waals surface area contributed by atoms with Crippen molar-refractivity contribution in [2.75, 3.05) is 29.7 Å². The van der Waals surface area contributed by atoms with E-state index in [1.165, 1.54) is 36.1 Å². The van der Waals surface area contributed by atoms with Crippen LogP contribution in [0.3, 0.4) is 0 Å². The highest BCUT2D eigenvalue weighted by atomic mass is 32.2. The normalized spacial score (nSPS) is 18.4. The molecule has 0 saturated carbocycles. The molecule has 1 fully saturated rings. The molecule has 0 bridgehead atoms. The van der Waals surface area contributed by atoms with Gasteiger partial charge in [-0.15, -0.1) is 23.1 Å². The molecule has 0 radical (unpaired) electrons. The number of benzene rings is 1. The number of hydrogen-bond acceptors (Lipinski definition) is 12. The molecule has 0 spiro atoms. The highest BCUT2D eigenvalue weighted by Gasteiger charge is 2.54. The molecule has 0 unspecified atom stereocenters. The number of carbonyl (C=O) groups excluding carboxylic acids is 4. The van der Waals surface area contributed by atoms with Gasteiger partial charge in [0.05, 0.1) is 5.75 Å². The van der Waals surface area contributed by atoms with Gasteiger partial charge in [-0.2, -0.15) is 0 Å². The Labute approximate surface area is 246 Å². The number of aromatic nitrogens is 1. The van der Waals surface area contributed by atoms with Crippen molar-refractivity contribution in [3.8, 4) is 0 Å². The van der Waals surface area contributed by atoms with Crippen LogP contribution in [0.2, 0.25) is 0 Å². The summed E-state index contributed by atoms with van der Waals surface area (Å²) >= 11 is 3.34. The fourth-order valence-electron chi connectivity index (χ4n) is 4.25. The van der Waals surface area contributed by atoms with Crippen molar-refractivity contribution >= 4 is 80.2 Å². The van der Waals surface area contributed by atoms with E-state index < -0.39 is 29.2 Å². The Kier molecular flexibility index (Phi) is 9.35. The molecule has 1 aromatic heterocycles. The highest BCUT2D eigenvalue weighted by molar-refractivity contribution is 8.14. The van der Waals surface area contributed by atoms with Gasteiger partial charge in [0.25, 0.3) is 11.8 Å². The molecule has 4 rings (SSSR count). The number of aryl methyl sites for hydroxylation is 1. The molecule has 1 saturated heterocycles. The summed E-state index contributed by atoms with van der Waals surface area (Å²) in [5, 5.41) is 20.1. The first kappa shape index (κ1) is 30.1. The molecule has 1 aromatic carbocycles. The van der Waals surface area contributed by atoms with Crippen molar-refractivity contribution in [2.45, 2.75) is 31.7 Å². The number of oxime groups is 1. The second kappa shape index (κ2) is 12.7. The van der Waals surface area contributed by atoms with Gasteiger partial charge in [-0.05, 0) is 42.2 Å². The van der Waals surface area contributed by atoms with Crippen LogP contribution < -0.4 is 16.4 Å². The number of nitrogens with zero attached hydrogens (tertiary/aromatic N) is 3. The zero-order valence-electron chi connectivity index (χ0n) is 22.1. The lowest BCUT2D eigenvalue weighted by Crippen LogP contribution is -2.71. The van der Waals surface area contributed by atoms with Crippen molar-refractivity contribution < 1.29 is 33.9 Å².